The molecule has 2 aromatic carbocycles. The number of fused-ring (bicyclic) bond motifs is 1. The molecule has 25 heavy (non-hydrogen) atoms. The van der Waals surface area contributed by atoms with E-state index in [1.165, 1.54) is 0 Å². The number of benzene rings is 2. The maximum atomic E-state index is 13.0. The molecule has 0 unspecified atom stereocenters. The van der Waals surface area contributed by atoms with E-state index in [1.54, 1.807) is 6.33 Å². The van der Waals surface area contributed by atoms with Crippen molar-refractivity contribution in [1.82, 2.24) is 14.9 Å². The number of hydrogen-bond donors (Lipinski definition) is 0. The van der Waals surface area contributed by atoms with Gasteiger partial charge in [0.25, 0.3) is 5.91 Å². The minimum Gasteiger partial charge on any atom is -0.353 e. The molecule has 3 aromatic rings. The number of aryl methyl sites for hydroxylation is 1. The second-order valence-electron chi connectivity index (χ2n) is 6.32. The van der Waals surface area contributed by atoms with Crippen molar-refractivity contribution in [3.63, 3.8) is 0 Å². The monoisotopic (exact) mass is 332 g/mol. The van der Waals surface area contributed by atoms with Crippen LogP contribution in [0.25, 0.3) is 10.8 Å². The Bertz CT molecular complexity index is 911. The summed E-state index contributed by atoms with van der Waals surface area (Å²) in [5.41, 5.74) is 1.74. The summed E-state index contributed by atoms with van der Waals surface area (Å²) in [6.07, 6.45) is 1.60. The highest BCUT2D eigenvalue weighted by atomic mass is 16.2. The van der Waals surface area contributed by atoms with Crippen molar-refractivity contribution in [3.8, 4) is 0 Å². The van der Waals surface area contributed by atoms with Crippen molar-refractivity contribution in [2.75, 3.05) is 31.1 Å². The lowest BCUT2D eigenvalue weighted by Crippen LogP contribution is -2.49. The van der Waals surface area contributed by atoms with Crippen molar-refractivity contribution in [1.29, 1.82) is 0 Å². The zero-order valence-electron chi connectivity index (χ0n) is 14.2. The molecule has 1 amide bonds. The van der Waals surface area contributed by atoms with Gasteiger partial charge in [-0.2, -0.15) is 0 Å². The number of piperazine rings is 1. The van der Waals surface area contributed by atoms with Crippen molar-refractivity contribution >= 4 is 22.5 Å². The Morgan fingerprint density at radius 3 is 2.52 bits per heavy atom. The molecule has 0 atom stereocenters. The van der Waals surface area contributed by atoms with E-state index in [2.05, 4.69) is 14.9 Å². The molecule has 1 aromatic heterocycles. The van der Waals surface area contributed by atoms with E-state index < -0.39 is 0 Å². The summed E-state index contributed by atoms with van der Waals surface area (Å²) in [6.45, 7) is 4.93. The van der Waals surface area contributed by atoms with E-state index in [1.807, 2.05) is 60.4 Å². The molecule has 4 rings (SSSR count). The van der Waals surface area contributed by atoms with Gasteiger partial charge in [0.1, 0.15) is 12.1 Å². The average molecular weight is 332 g/mol. The summed E-state index contributed by atoms with van der Waals surface area (Å²) in [4.78, 5) is 25.6. The number of anilines is 1. The lowest BCUT2D eigenvalue weighted by Gasteiger charge is -2.35. The molecule has 126 valence electrons. The molecule has 0 saturated carbocycles. The molecule has 1 aliphatic rings. The summed E-state index contributed by atoms with van der Waals surface area (Å²) in [5, 5.41) is 2.12. The van der Waals surface area contributed by atoms with Crippen LogP contribution in [0.1, 0.15) is 16.1 Å². The van der Waals surface area contributed by atoms with Crippen molar-refractivity contribution < 1.29 is 4.79 Å². The number of carbonyl (C=O) groups excluding carboxylic acids is 1. The van der Waals surface area contributed by atoms with Crippen LogP contribution in [0, 0.1) is 6.92 Å². The molecule has 0 radical (unpaired) electrons. The molecule has 0 bridgehead atoms. The molecular weight excluding hydrogens is 312 g/mol. The summed E-state index contributed by atoms with van der Waals surface area (Å²) < 4.78 is 0. The molecule has 0 aliphatic carbocycles. The highest BCUT2D eigenvalue weighted by Crippen LogP contribution is 2.21. The largest absolute Gasteiger partial charge is 0.353 e. The zero-order chi connectivity index (χ0) is 17.2. The van der Waals surface area contributed by atoms with E-state index >= 15 is 0 Å². The van der Waals surface area contributed by atoms with Gasteiger partial charge < -0.3 is 9.80 Å². The van der Waals surface area contributed by atoms with Gasteiger partial charge in [-0.05, 0) is 23.8 Å². The van der Waals surface area contributed by atoms with Crippen LogP contribution < -0.4 is 4.90 Å². The van der Waals surface area contributed by atoms with Gasteiger partial charge in [-0.25, -0.2) is 9.97 Å². The van der Waals surface area contributed by atoms with E-state index in [0.717, 1.165) is 40.9 Å². The van der Waals surface area contributed by atoms with Crippen LogP contribution in [0.3, 0.4) is 0 Å². The molecule has 5 nitrogen and oxygen atoms in total. The molecule has 1 fully saturated rings. The molecule has 1 saturated heterocycles. The third-order valence-corrected chi connectivity index (χ3v) is 4.70. The fraction of sp³-hybridized carbons (Fsp3) is 0.250. The van der Waals surface area contributed by atoms with Gasteiger partial charge in [-0.15, -0.1) is 0 Å². The van der Waals surface area contributed by atoms with Gasteiger partial charge in [-0.1, -0.05) is 36.4 Å². The van der Waals surface area contributed by atoms with Crippen LogP contribution in [-0.4, -0.2) is 47.0 Å². The fourth-order valence-corrected chi connectivity index (χ4v) is 3.33. The first-order chi connectivity index (χ1) is 12.2. The number of amides is 1. The third-order valence-electron chi connectivity index (χ3n) is 4.70. The molecule has 2 heterocycles. The first-order valence-electron chi connectivity index (χ1n) is 8.53. The number of aromatic nitrogens is 2. The maximum Gasteiger partial charge on any atom is 0.254 e. The second kappa shape index (κ2) is 6.51. The SMILES string of the molecule is Cc1cc(N2CCN(C(=O)c3cccc4ccccc34)CC2)ncn1. The van der Waals surface area contributed by atoms with Crippen molar-refractivity contribution in [2.24, 2.45) is 0 Å². The van der Waals surface area contributed by atoms with Gasteiger partial charge in [0.2, 0.25) is 0 Å². The summed E-state index contributed by atoms with van der Waals surface area (Å²) in [7, 11) is 0. The molecule has 0 spiro atoms. The number of hydrogen-bond acceptors (Lipinski definition) is 4. The predicted molar refractivity (Wildman–Crippen MR) is 98.8 cm³/mol. The first-order valence-corrected chi connectivity index (χ1v) is 8.53. The Kier molecular flexibility index (Phi) is 4.06. The minimum atomic E-state index is 0.107. The van der Waals surface area contributed by atoms with Crippen molar-refractivity contribution in [2.45, 2.75) is 6.92 Å². The Morgan fingerprint density at radius 1 is 0.960 bits per heavy atom. The summed E-state index contributed by atoms with van der Waals surface area (Å²) in [5.74, 6) is 1.04. The number of carbonyl (C=O) groups is 1. The van der Waals surface area contributed by atoms with Crippen LogP contribution in [0.4, 0.5) is 5.82 Å². The molecule has 0 N–H and O–H groups in total. The van der Waals surface area contributed by atoms with Crippen LogP contribution in [-0.2, 0) is 0 Å². The minimum absolute atomic E-state index is 0.107. The van der Waals surface area contributed by atoms with Gasteiger partial charge in [-0.3, -0.25) is 4.79 Å². The standard InChI is InChI=1S/C20H20N4O/c1-15-13-19(22-14-21-15)23-9-11-24(12-10-23)20(25)18-8-4-6-16-5-2-3-7-17(16)18/h2-8,13-14H,9-12H2,1H3. The normalized spacial score (nSPS) is 14.8. The maximum absolute atomic E-state index is 13.0. The fourth-order valence-electron chi connectivity index (χ4n) is 3.33. The summed E-state index contributed by atoms with van der Waals surface area (Å²) >= 11 is 0. The van der Waals surface area contributed by atoms with Crippen LogP contribution in [0.5, 0.6) is 0 Å². The van der Waals surface area contributed by atoms with Gasteiger partial charge in [0.05, 0.1) is 0 Å². The number of rotatable bonds is 2. The highest BCUT2D eigenvalue weighted by molar-refractivity contribution is 6.07. The average Bonchev–Trinajstić information content (AvgIpc) is 2.67. The van der Waals surface area contributed by atoms with E-state index in [4.69, 9.17) is 0 Å². The zero-order valence-corrected chi connectivity index (χ0v) is 14.2. The summed E-state index contributed by atoms with van der Waals surface area (Å²) in [6, 6.07) is 15.9. The predicted octanol–water partition coefficient (Wildman–Crippen LogP) is 2.90. The van der Waals surface area contributed by atoms with E-state index in [9.17, 15) is 4.79 Å². The lowest BCUT2D eigenvalue weighted by atomic mass is 10.0. The van der Waals surface area contributed by atoms with Crippen LogP contribution in [0.15, 0.2) is 54.9 Å². The Labute approximate surface area is 146 Å². The van der Waals surface area contributed by atoms with Crippen LogP contribution in [0.2, 0.25) is 0 Å². The Morgan fingerprint density at radius 2 is 1.72 bits per heavy atom. The van der Waals surface area contributed by atoms with Gasteiger partial charge in [0.15, 0.2) is 0 Å². The van der Waals surface area contributed by atoms with E-state index in [0.29, 0.717) is 13.1 Å². The topological polar surface area (TPSA) is 49.3 Å². The van der Waals surface area contributed by atoms with Crippen molar-refractivity contribution in [3.05, 3.63) is 66.1 Å². The smallest absolute Gasteiger partial charge is 0.254 e. The third kappa shape index (κ3) is 3.05. The first kappa shape index (κ1) is 15.6. The quantitative estimate of drug-likeness (QED) is 0.724. The van der Waals surface area contributed by atoms with Gasteiger partial charge in [0, 0.05) is 43.5 Å². The Balaban J connectivity index is 1.51. The highest BCUT2D eigenvalue weighted by Gasteiger charge is 2.23. The molecule has 5 heteroatoms. The molecular formula is C20H20N4O. The van der Waals surface area contributed by atoms with Crippen LogP contribution >= 0.6 is 0 Å². The van der Waals surface area contributed by atoms with Gasteiger partial charge >= 0.3 is 0 Å². The Hall–Kier alpha value is -2.95. The van der Waals surface area contributed by atoms with E-state index in [-0.39, 0.29) is 5.91 Å². The molecule has 1 aliphatic heterocycles. The lowest BCUT2D eigenvalue weighted by molar-refractivity contribution is 0.0748. The second-order valence-corrected chi connectivity index (χ2v) is 6.32. The number of nitrogens with zero attached hydrogens (tertiary/aromatic N) is 4.